The Morgan fingerprint density at radius 2 is 0.911 bits per heavy atom. The van der Waals surface area contributed by atoms with E-state index in [-0.39, 0.29) is 31.2 Å². The fourth-order valence-electron chi connectivity index (χ4n) is 4.77. The van der Waals surface area contributed by atoms with Gasteiger partial charge in [0.1, 0.15) is 36.3 Å². The van der Waals surface area contributed by atoms with E-state index in [9.17, 15) is 68.4 Å². The predicted molar refractivity (Wildman–Crippen MR) is 194 cm³/mol. The summed E-state index contributed by atoms with van der Waals surface area (Å²) in [4.78, 5) is 124. The van der Waals surface area contributed by atoms with Crippen molar-refractivity contribution in [1.82, 2.24) is 42.5 Å². The van der Waals surface area contributed by atoms with Crippen molar-refractivity contribution in [2.24, 2.45) is 23.5 Å². The van der Waals surface area contributed by atoms with Crippen molar-refractivity contribution in [2.75, 3.05) is 32.8 Å². The summed E-state index contributed by atoms with van der Waals surface area (Å²) in [6.45, 7) is 6.51. The highest BCUT2D eigenvalue weighted by atomic mass is 16.4. The maximum Gasteiger partial charge on any atom is 0.328 e. The number of amides is 8. The summed E-state index contributed by atoms with van der Waals surface area (Å²) in [6.07, 6.45) is -0.850. The van der Waals surface area contributed by atoms with Gasteiger partial charge in [-0.05, 0) is 30.6 Å². The van der Waals surface area contributed by atoms with Crippen LogP contribution in [0.15, 0.2) is 0 Å². The Bertz CT molecular complexity index is 1410. The minimum absolute atomic E-state index is 0.0568. The standard InChI is InChI=1S/C33H57N9O14/c1-15(2)7-18(29(51)41-22(14-44)33(55)56)38-28(50)19(8-16(3)4)39-32(54)27(17(5)6)42-31(53)21(13-43)40-30(52)20(9-26(48)49)37-25(47)12-36-24(46)11-35-23(45)10-34/h15-22,27,43-44H,7-14,34H2,1-6H3,(H,35,45)(H,36,46)(H,37,47)(H,38,50)(H,39,54)(H,40,52)(H,41,51)(H,42,53)(H,48,49)(H,55,56). The van der Waals surface area contributed by atoms with Gasteiger partial charge in [0.05, 0.1) is 39.3 Å². The highest BCUT2D eigenvalue weighted by Gasteiger charge is 2.35. The molecule has 23 heteroatoms. The first-order valence-electron chi connectivity index (χ1n) is 17.8. The van der Waals surface area contributed by atoms with Gasteiger partial charge >= 0.3 is 11.9 Å². The van der Waals surface area contributed by atoms with E-state index in [1.807, 2.05) is 0 Å². The number of aliphatic hydroxyl groups is 2. The van der Waals surface area contributed by atoms with Crippen LogP contribution in [0.3, 0.4) is 0 Å². The molecule has 0 spiro atoms. The third-order valence-electron chi connectivity index (χ3n) is 7.65. The Kier molecular flexibility index (Phi) is 23.1. The van der Waals surface area contributed by atoms with Crippen LogP contribution in [0.2, 0.25) is 0 Å². The molecule has 56 heavy (non-hydrogen) atoms. The zero-order valence-corrected chi connectivity index (χ0v) is 32.3. The van der Waals surface area contributed by atoms with Gasteiger partial charge in [0, 0.05) is 0 Å². The second-order valence-electron chi connectivity index (χ2n) is 13.9. The highest BCUT2D eigenvalue weighted by Crippen LogP contribution is 2.11. The van der Waals surface area contributed by atoms with E-state index in [4.69, 9.17) is 5.73 Å². The molecular weight excluding hydrogens is 746 g/mol. The van der Waals surface area contributed by atoms with Crippen LogP contribution in [-0.2, 0) is 47.9 Å². The molecule has 0 aliphatic carbocycles. The third kappa shape index (κ3) is 19.8. The summed E-state index contributed by atoms with van der Waals surface area (Å²) in [5, 5.41) is 55.9. The fourth-order valence-corrected chi connectivity index (χ4v) is 4.77. The molecule has 14 N–H and O–H groups in total. The van der Waals surface area contributed by atoms with Crippen LogP contribution in [0.4, 0.5) is 0 Å². The molecule has 0 radical (unpaired) electrons. The number of carboxylic acid groups (broad SMARTS) is 2. The van der Waals surface area contributed by atoms with Gasteiger partial charge in [0.15, 0.2) is 0 Å². The van der Waals surface area contributed by atoms with Gasteiger partial charge in [-0.3, -0.25) is 43.2 Å². The molecule has 0 saturated carbocycles. The minimum atomic E-state index is -1.80. The second kappa shape index (κ2) is 25.6. The lowest BCUT2D eigenvalue weighted by Crippen LogP contribution is -2.61. The molecular formula is C33H57N9O14. The number of nitrogens with one attached hydrogen (secondary N) is 8. The van der Waals surface area contributed by atoms with Crippen LogP contribution in [0.5, 0.6) is 0 Å². The topological polar surface area (TPSA) is 374 Å². The van der Waals surface area contributed by atoms with Gasteiger partial charge < -0.3 is 68.7 Å². The van der Waals surface area contributed by atoms with Crippen LogP contribution in [0.25, 0.3) is 0 Å². The van der Waals surface area contributed by atoms with Gasteiger partial charge in [-0.2, -0.15) is 0 Å². The molecule has 8 amide bonds. The van der Waals surface area contributed by atoms with Gasteiger partial charge in [0.25, 0.3) is 0 Å². The molecule has 0 aliphatic heterocycles. The van der Waals surface area contributed by atoms with Gasteiger partial charge in [-0.15, -0.1) is 0 Å². The Morgan fingerprint density at radius 3 is 1.34 bits per heavy atom. The summed E-state index contributed by atoms with van der Waals surface area (Å²) in [5.41, 5.74) is 5.12. The monoisotopic (exact) mass is 803 g/mol. The van der Waals surface area contributed by atoms with Gasteiger partial charge in [-0.25, -0.2) is 4.79 Å². The van der Waals surface area contributed by atoms with E-state index in [0.717, 1.165) is 0 Å². The lowest BCUT2D eigenvalue weighted by atomic mass is 9.98. The summed E-state index contributed by atoms with van der Waals surface area (Å²) in [6, 6.07) is -9.08. The zero-order chi connectivity index (χ0) is 43.3. The Balaban J connectivity index is 5.89. The van der Waals surface area contributed by atoms with Crippen LogP contribution in [0, 0.1) is 17.8 Å². The summed E-state index contributed by atoms with van der Waals surface area (Å²) < 4.78 is 0. The molecule has 0 aromatic carbocycles. The van der Waals surface area contributed by atoms with E-state index in [1.54, 1.807) is 41.5 Å². The van der Waals surface area contributed by atoms with E-state index in [0.29, 0.717) is 0 Å². The molecule has 6 unspecified atom stereocenters. The van der Waals surface area contributed by atoms with E-state index >= 15 is 0 Å². The largest absolute Gasteiger partial charge is 0.481 e. The SMILES string of the molecule is CC(C)CC(NC(=O)C(CC(C)C)NC(=O)C(NC(=O)C(CO)NC(=O)C(CC(=O)O)NC(=O)CNC(=O)CNC(=O)CN)C(C)C)C(=O)NC(CO)C(=O)O. The van der Waals surface area contributed by atoms with Crippen molar-refractivity contribution >= 4 is 59.2 Å². The average molecular weight is 804 g/mol. The molecule has 318 valence electrons. The van der Waals surface area contributed by atoms with Crippen LogP contribution in [-0.4, -0.2) is 149 Å². The molecule has 0 rings (SSSR count). The average Bonchev–Trinajstić information content (AvgIpc) is 3.10. The molecule has 0 bridgehead atoms. The minimum Gasteiger partial charge on any atom is -0.481 e. The number of carboxylic acids is 2. The number of hydrogen-bond acceptors (Lipinski definition) is 13. The first kappa shape index (κ1) is 50.6. The quantitative estimate of drug-likeness (QED) is 0.0388. The number of rotatable bonds is 26. The highest BCUT2D eigenvalue weighted by molar-refractivity contribution is 5.98. The summed E-state index contributed by atoms with van der Waals surface area (Å²) in [7, 11) is 0. The molecule has 0 saturated heterocycles. The number of carbonyl (C=O) groups excluding carboxylic acids is 8. The molecule has 6 atom stereocenters. The molecule has 0 fully saturated rings. The van der Waals surface area contributed by atoms with E-state index in [1.165, 1.54) is 0 Å². The van der Waals surface area contributed by atoms with Crippen molar-refractivity contribution in [3.8, 4) is 0 Å². The van der Waals surface area contributed by atoms with Crippen molar-refractivity contribution in [3.05, 3.63) is 0 Å². The Labute approximate surface area is 323 Å². The van der Waals surface area contributed by atoms with Crippen LogP contribution < -0.4 is 48.3 Å². The fraction of sp³-hybridized carbons (Fsp3) is 0.697. The number of nitrogens with two attached hydrogens (primary N) is 1. The normalized spacial score (nSPS) is 14.2. The van der Waals surface area contributed by atoms with Crippen molar-refractivity contribution in [1.29, 1.82) is 0 Å². The predicted octanol–water partition coefficient (Wildman–Crippen LogP) is -5.62. The van der Waals surface area contributed by atoms with E-state index in [2.05, 4.69) is 42.5 Å². The maximum absolute atomic E-state index is 13.6. The van der Waals surface area contributed by atoms with Gasteiger partial charge in [-0.1, -0.05) is 41.5 Å². The first-order chi connectivity index (χ1) is 26.1. The van der Waals surface area contributed by atoms with Gasteiger partial charge in [0.2, 0.25) is 47.3 Å². The van der Waals surface area contributed by atoms with Crippen molar-refractivity contribution in [3.63, 3.8) is 0 Å². The Morgan fingerprint density at radius 1 is 0.500 bits per heavy atom. The maximum atomic E-state index is 13.6. The molecule has 0 aromatic heterocycles. The number of carbonyl (C=O) groups is 10. The molecule has 0 heterocycles. The second-order valence-corrected chi connectivity index (χ2v) is 13.9. The molecule has 0 aromatic rings. The zero-order valence-electron chi connectivity index (χ0n) is 32.3. The lowest BCUT2D eigenvalue weighted by Gasteiger charge is -2.29. The number of hydrogen-bond donors (Lipinski definition) is 13. The first-order valence-corrected chi connectivity index (χ1v) is 17.8. The Hall–Kier alpha value is -5.42. The number of aliphatic hydroxyl groups excluding tert-OH is 2. The molecule has 23 nitrogen and oxygen atoms in total. The number of aliphatic carboxylic acids is 2. The smallest absolute Gasteiger partial charge is 0.328 e. The van der Waals surface area contributed by atoms with Crippen molar-refractivity contribution < 1.29 is 68.4 Å². The van der Waals surface area contributed by atoms with Crippen LogP contribution in [0.1, 0.15) is 60.8 Å². The van der Waals surface area contributed by atoms with E-state index < -0.39 is 134 Å². The lowest BCUT2D eigenvalue weighted by molar-refractivity contribution is -0.143. The van der Waals surface area contributed by atoms with Crippen LogP contribution >= 0.6 is 0 Å². The summed E-state index contributed by atoms with van der Waals surface area (Å²) in [5.74, 6) is -11.4. The molecule has 0 aliphatic rings. The third-order valence-corrected chi connectivity index (χ3v) is 7.65. The summed E-state index contributed by atoms with van der Waals surface area (Å²) >= 11 is 0. The van der Waals surface area contributed by atoms with Crippen molar-refractivity contribution in [2.45, 2.75) is 97.1 Å².